The molecule has 14 heavy (non-hydrogen) atoms. The molecule has 0 aliphatic rings. The summed E-state index contributed by atoms with van der Waals surface area (Å²) in [6, 6.07) is 10.2. The minimum absolute atomic E-state index is 0.523. The van der Waals surface area contributed by atoms with E-state index in [0.29, 0.717) is 5.92 Å². The Morgan fingerprint density at radius 2 is 1.93 bits per heavy atom. The van der Waals surface area contributed by atoms with Gasteiger partial charge in [-0.2, -0.15) is 0 Å². The molecule has 0 bridgehead atoms. The minimum atomic E-state index is 0.523. The van der Waals surface area contributed by atoms with Crippen molar-refractivity contribution in [1.82, 2.24) is 0 Å². The fourth-order valence-corrected chi connectivity index (χ4v) is 1.31. The van der Waals surface area contributed by atoms with E-state index in [1.54, 1.807) is 0 Å². The fourth-order valence-electron chi connectivity index (χ4n) is 1.31. The van der Waals surface area contributed by atoms with Crippen LogP contribution in [0.15, 0.2) is 30.3 Å². The molecular formula is C14H18. The van der Waals surface area contributed by atoms with Gasteiger partial charge in [0.1, 0.15) is 0 Å². The van der Waals surface area contributed by atoms with Crippen LogP contribution in [0.4, 0.5) is 0 Å². The standard InChI is InChI=1S/C14H18/c1-3-4-8-13(2)11-12-14-9-6-5-7-10-14/h5-7,9-10,13H,3-4,8H2,1-2H3. The lowest BCUT2D eigenvalue weighted by molar-refractivity contribution is 0.613. The predicted octanol–water partition coefficient (Wildman–Crippen LogP) is 3.86. The predicted molar refractivity (Wildman–Crippen MR) is 62.0 cm³/mol. The molecule has 0 N–H and O–H groups in total. The lowest BCUT2D eigenvalue weighted by atomic mass is 10.0. The minimum Gasteiger partial charge on any atom is -0.0948 e. The Kier molecular flexibility index (Phi) is 4.86. The van der Waals surface area contributed by atoms with Crippen LogP contribution in [0.2, 0.25) is 0 Å². The molecule has 0 nitrogen and oxygen atoms in total. The lowest BCUT2D eigenvalue weighted by Crippen LogP contribution is -1.89. The molecule has 0 saturated heterocycles. The first-order valence-corrected chi connectivity index (χ1v) is 5.39. The summed E-state index contributed by atoms with van der Waals surface area (Å²) in [5.74, 6) is 7.01. The van der Waals surface area contributed by atoms with Crippen LogP contribution in [-0.4, -0.2) is 0 Å². The van der Waals surface area contributed by atoms with Crippen LogP contribution < -0.4 is 0 Å². The Morgan fingerprint density at radius 3 is 2.57 bits per heavy atom. The van der Waals surface area contributed by atoms with Crippen molar-refractivity contribution in [2.45, 2.75) is 33.1 Å². The number of unbranched alkanes of at least 4 members (excludes halogenated alkanes) is 1. The molecule has 0 aliphatic heterocycles. The molecule has 1 rings (SSSR count). The molecule has 0 fully saturated rings. The number of benzene rings is 1. The quantitative estimate of drug-likeness (QED) is 0.629. The summed E-state index contributed by atoms with van der Waals surface area (Å²) < 4.78 is 0. The Bertz CT molecular complexity index is 300. The van der Waals surface area contributed by atoms with Crippen LogP contribution in [0.1, 0.15) is 38.7 Å². The maximum Gasteiger partial charge on any atom is 0.0245 e. The smallest absolute Gasteiger partial charge is 0.0245 e. The second kappa shape index (κ2) is 6.27. The third-order valence-corrected chi connectivity index (χ3v) is 2.23. The largest absolute Gasteiger partial charge is 0.0948 e. The first-order chi connectivity index (χ1) is 6.83. The highest BCUT2D eigenvalue weighted by Crippen LogP contribution is 2.06. The average Bonchev–Trinajstić information content (AvgIpc) is 2.25. The molecule has 1 aromatic carbocycles. The molecule has 0 amide bonds. The lowest BCUT2D eigenvalue weighted by Gasteiger charge is -2.00. The van der Waals surface area contributed by atoms with Crippen molar-refractivity contribution < 1.29 is 0 Å². The van der Waals surface area contributed by atoms with E-state index >= 15 is 0 Å². The number of hydrogen-bond donors (Lipinski definition) is 0. The molecule has 1 atom stereocenters. The van der Waals surface area contributed by atoms with Gasteiger partial charge in [-0.15, -0.1) is 0 Å². The number of rotatable bonds is 3. The molecule has 0 spiro atoms. The van der Waals surface area contributed by atoms with E-state index < -0.39 is 0 Å². The number of hydrogen-bond acceptors (Lipinski definition) is 0. The van der Waals surface area contributed by atoms with Crippen molar-refractivity contribution in [3.05, 3.63) is 35.9 Å². The van der Waals surface area contributed by atoms with Gasteiger partial charge in [-0.3, -0.25) is 0 Å². The monoisotopic (exact) mass is 186 g/mol. The van der Waals surface area contributed by atoms with Crippen molar-refractivity contribution in [3.63, 3.8) is 0 Å². The van der Waals surface area contributed by atoms with Gasteiger partial charge in [0.05, 0.1) is 0 Å². The molecule has 1 aromatic rings. The van der Waals surface area contributed by atoms with Crippen molar-refractivity contribution >= 4 is 0 Å². The average molecular weight is 186 g/mol. The van der Waals surface area contributed by atoms with E-state index in [2.05, 4.69) is 37.8 Å². The van der Waals surface area contributed by atoms with E-state index in [-0.39, 0.29) is 0 Å². The molecule has 0 aliphatic carbocycles. The van der Waals surface area contributed by atoms with Crippen molar-refractivity contribution in [2.75, 3.05) is 0 Å². The van der Waals surface area contributed by atoms with Crippen molar-refractivity contribution in [2.24, 2.45) is 5.92 Å². The Hall–Kier alpha value is -1.22. The van der Waals surface area contributed by atoms with Crippen LogP contribution in [0.5, 0.6) is 0 Å². The summed E-state index contributed by atoms with van der Waals surface area (Å²) in [5, 5.41) is 0. The van der Waals surface area contributed by atoms with Gasteiger partial charge in [0.2, 0.25) is 0 Å². The van der Waals surface area contributed by atoms with Crippen LogP contribution in [0, 0.1) is 17.8 Å². The fraction of sp³-hybridized carbons (Fsp3) is 0.429. The maximum atomic E-state index is 3.28. The van der Waals surface area contributed by atoms with E-state index in [1.807, 2.05) is 18.2 Å². The molecule has 74 valence electrons. The molecule has 0 radical (unpaired) electrons. The highest BCUT2D eigenvalue weighted by molar-refractivity contribution is 5.33. The summed E-state index contributed by atoms with van der Waals surface area (Å²) >= 11 is 0. The summed E-state index contributed by atoms with van der Waals surface area (Å²) in [5.41, 5.74) is 1.12. The summed E-state index contributed by atoms with van der Waals surface area (Å²) in [6.07, 6.45) is 3.76. The van der Waals surface area contributed by atoms with Gasteiger partial charge in [0.15, 0.2) is 0 Å². The van der Waals surface area contributed by atoms with Crippen LogP contribution in [0.3, 0.4) is 0 Å². The first kappa shape index (κ1) is 10.9. The normalized spacial score (nSPS) is 11.6. The summed E-state index contributed by atoms with van der Waals surface area (Å²) in [7, 11) is 0. The maximum absolute atomic E-state index is 3.28. The van der Waals surface area contributed by atoms with Crippen LogP contribution in [-0.2, 0) is 0 Å². The second-order valence-electron chi connectivity index (χ2n) is 3.68. The highest BCUT2D eigenvalue weighted by atomic mass is 14.0. The van der Waals surface area contributed by atoms with E-state index in [1.165, 1.54) is 19.3 Å². The van der Waals surface area contributed by atoms with Crippen molar-refractivity contribution in [1.29, 1.82) is 0 Å². The van der Waals surface area contributed by atoms with Gasteiger partial charge in [0.25, 0.3) is 0 Å². The third kappa shape index (κ3) is 4.14. The van der Waals surface area contributed by atoms with Gasteiger partial charge >= 0.3 is 0 Å². The first-order valence-electron chi connectivity index (χ1n) is 5.39. The van der Waals surface area contributed by atoms with E-state index in [0.717, 1.165) is 5.56 Å². The Morgan fingerprint density at radius 1 is 1.21 bits per heavy atom. The molecule has 0 aromatic heterocycles. The zero-order chi connectivity index (χ0) is 10.2. The van der Waals surface area contributed by atoms with Crippen molar-refractivity contribution in [3.8, 4) is 11.8 Å². The van der Waals surface area contributed by atoms with Gasteiger partial charge in [-0.1, -0.05) is 56.7 Å². The molecule has 0 saturated carbocycles. The van der Waals surface area contributed by atoms with Gasteiger partial charge in [0, 0.05) is 11.5 Å². The van der Waals surface area contributed by atoms with Crippen LogP contribution >= 0.6 is 0 Å². The van der Waals surface area contributed by atoms with Gasteiger partial charge in [-0.05, 0) is 18.6 Å². The van der Waals surface area contributed by atoms with Gasteiger partial charge < -0.3 is 0 Å². The zero-order valence-corrected chi connectivity index (χ0v) is 9.09. The molecular weight excluding hydrogens is 168 g/mol. The third-order valence-electron chi connectivity index (χ3n) is 2.23. The summed E-state index contributed by atoms with van der Waals surface area (Å²) in [4.78, 5) is 0. The van der Waals surface area contributed by atoms with E-state index in [9.17, 15) is 0 Å². The molecule has 0 heterocycles. The molecule has 1 unspecified atom stereocenters. The zero-order valence-electron chi connectivity index (χ0n) is 9.09. The Balaban J connectivity index is 2.47. The molecule has 0 heteroatoms. The Labute approximate surface area is 87.4 Å². The topological polar surface area (TPSA) is 0 Å². The SMILES string of the molecule is CCCCC(C)C#Cc1ccccc1. The van der Waals surface area contributed by atoms with Gasteiger partial charge in [-0.25, -0.2) is 0 Å². The van der Waals surface area contributed by atoms with Crippen LogP contribution in [0.25, 0.3) is 0 Å². The van der Waals surface area contributed by atoms with E-state index in [4.69, 9.17) is 0 Å². The summed E-state index contributed by atoms with van der Waals surface area (Å²) in [6.45, 7) is 4.42. The second-order valence-corrected chi connectivity index (χ2v) is 3.68. The highest BCUT2D eigenvalue weighted by Gasteiger charge is 1.94.